The van der Waals surface area contributed by atoms with Crippen LogP contribution >= 0.6 is 0 Å². The van der Waals surface area contributed by atoms with Crippen molar-refractivity contribution in [2.75, 3.05) is 0 Å². The minimum absolute atomic E-state index is 0. The Bertz CT molecular complexity index is 1790. The molecule has 6 aromatic rings. The second kappa shape index (κ2) is 15.2. The van der Waals surface area contributed by atoms with E-state index in [0.717, 1.165) is 0 Å². The summed E-state index contributed by atoms with van der Waals surface area (Å²) < 4.78 is 0. The molecule has 0 aliphatic heterocycles. The van der Waals surface area contributed by atoms with Crippen LogP contribution in [0.15, 0.2) is 97.1 Å². The van der Waals surface area contributed by atoms with Crippen LogP contribution in [0.5, 0.6) is 0 Å². The molecule has 0 spiro atoms. The molecule has 0 unspecified atom stereocenters. The molecular formula is C47H56Hf. The minimum atomic E-state index is -0.141. The minimum Gasteiger partial charge on any atom is -0.358 e. The molecule has 0 atom stereocenters. The summed E-state index contributed by atoms with van der Waals surface area (Å²) in [5.41, 5.74) is 13.6. The summed E-state index contributed by atoms with van der Waals surface area (Å²) in [5.74, 6) is 1.99. The van der Waals surface area contributed by atoms with Crippen LogP contribution < -0.4 is 0 Å². The maximum absolute atomic E-state index is 2.46. The first-order chi connectivity index (χ1) is 21.3. The summed E-state index contributed by atoms with van der Waals surface area (Å²) in [7, 11) is 0. The van der Waals surface area contributed by atoms with E-state index in [4.69, 9.17) is 0 Å². The first-order valence-electron chi connectivity index (χ1n) is 17.0. The summed E-state index contributed by atoms with van der Waals surface area (Å²) in [5, 5.41) is 5.33. The molecule has 0 N–H and O–H groups in total. The predicted octanol–water partition coefficient (Wildman–Crippen LogP) is 14.5. The third-order valence-electron chi connectivity index (χ3n) is 10.2. The second-order valence-corrected chi connectivity index (χ2v) is 15.1. The fourth-order valence-corrected chi connectivity index (χ4v) is 6.86. The van der Waals surface area contributed by atoms with Gasteiger partial charge in [-0.25, -0.2) is 0 Å². The molecule has 0 fully saturated rings. The Morgan fingerprint density at radius 2 is 0.771 bits per heavy atom. The van der Waals surface area contributed by atoms with Crippen molar-refractivity contribution >= 4 is 21.5 Å². The van der Waals surface area contributed by atoms with E-state index >= 15 is 0 Å². The molecule has 0 saturated carbocycles. The van der Waals surface area contributed by atoms with Crippen LogP contribution in [0.2, 0.25) is 0 Å². The van der Waals surface area contributed by atoms with Crippen molar-refractivity contribution < 1.29 is 25.8 Å². The fourth-order valence-electron chi connectivity index (χ4n) is 6.86. The van der Waals surface area contributed by atoms with Gasteiger partial charge in [0.05, 0.1) is 0 Å². The first-order valence-corrected chi connectivity index (χ1v) is 17.0. The molecule has 0 saturated heterocycles. The molecule has 48 heavy (non-hydrogen) atoms. The Morgan fingerprint density at radius 1 is 0.458 bits per heavy atom. The van der Waals surface area contributed by atoms with Crippen molar-refractivity contribution in [1.82, 2.24) is 0 Å². The zero-order valence-corrected chi connectivity index (χ0v) is 35.1. The monoisotopic (exact) mass is 800 g/mol. The van der Waals surface area contributed by atoms with Crippen molar-refractivity contribution in [3.05, 3.63) is 145 Å². The van der Waals surface area contributed by atoms with Gasteiger partial charge in [-0.2, -0.15) is 12.1 Å². The molecule has 0 heterocycles. The standard InChI is InChI=1S/C45H50.2CH3.Hf/c1-27(2)33-17-34(28(3)4)20-37(19-33)41-15-11-13-31-23-39(25-43(31)41)45(9,10)40-24-32-14-12-16-42(44(32)26-40)38-21-35(29(5)6)18-36(22-38)30(7)8;;;/h11-30H,1-10H3;2*1H3;/q-2;2*-1;+4. The number of hydrogen-bond donors (Lipinski definition) is 0. The van der Waals surface area contributed by atoms with Gasteiger partial charge in [-0.3, -0.25) is 0 Å². The zero-order valence-electron chi connectivity index (χ0n) is 31.5. The number of fused-ring (bicyclic) bond motifs is 2. The number of benzene rings is 4. The van der Waals surface area contributed by atoms with E-state index in [2.05, 4.69) is 166 Å². The van der Waals surface area contributed by atoms with Crippen LogP contribution in [0.25, 0.3) is 43.8 Å². The zero-order chi connectivity index (χ0) is 32.2. The summed E-state index contributed by atoms with van der Waals surface area (Å²) in [6, 6.07) is 37.8. The van der Waals surface area contributed by atoms with Crippen LogP contribution in [-0.4, -0.2) is 0 Å². The third kappa shape index (κ3) is 7.42. The van der Waals surface area contributed by atoms with Gasteiger partial charge in [0.25, 0.3) is 0 Å². The van der Waals surface area contributed by atoms with Crippen LogP contribution in [0.1, 0.15) is 126 Å². The molecule has 0 aliphatic rings. The molecule has 0 bridgehead atoms. The van der Waals surface area contributed by atoms with Gasteiger partial charge in [-0.1, -0.05) is 129 Å². The smallest absolute Gasteiger partial charge is 0.358 e. The van der Waals surface area contributed by atoms with E-state index in [1.54, 1.807) is 0 Å². The van der Waals surface area contributed by atoms with Gasteiger partial charge in [0.1, 0.15) is 0 Å². The van der Waals surface area contributed by atoms with Crippen LogP contribution in [0.4, 0.5) is 0 Å². The van der Waals surface area contributed by atoms with Crippen LogP contribution in [0.3, 0.4) is 0 Å². The number of hydrogen-bond acceptors (Lipinski definition) is 0. The summed E-state index contributed by atoms with van der Waals surface area (Å²) in [6.07, 6.45) is 0. The van der Waals surface area contributed by atoms with E-state index in [1.807, 2.05) is 0 Å². The molecule has 248 valence electrons. The average Bonchev–Trinajstić information content (AvgIpc) is 3.66. The van der Waals surface area contributed by atoms with Crippen LogP contribution in [0, 0.1) is 14.9 Å². The molecule has 0 aromatic heterocycles. The van der Waals surface area contributed by atoms with Crippen molar-refractivity contribution in [2.24, 2.45) is 0 Å². The Morgan fingerprint density at radius 3 is 1.06 bits per heavy atom. The van der Waals surface area contributed by atoms with Gasteiger partial charge >= 0.3 is 25.8 Å². The average molecular weight is 799 g/mol. The Hall–Kier alpha value is -3.03. The van der Waals surface area contributed by atoms with Gasteiger partial charge in [-0.05, 0) is 62.5 Å². The third-order valence-corrected chi connectivity index (χ3v) is 10.2. The molecule has 0 aliphatic carbocycles. The Balaban J connectivity index is 0.00000208. The van der Waals surface area contributed by atoms with Gasteiger partial charge in [-0.15, -0.1) is 69.1 Å². The van der Waals surface area contributed by atoms with Crippen LogP contribution in [-0.2, 0) is 31.3 Å². The summed E-state index contributed by atoms with van der Waals surface area (Å²) in [6.45, 7) is 23.2. The van der Waals surface area contributed by atoms with Gasteiger partial charge in [0.15, 0.2) is 0 Å². The SMILES string of the molecule is CC(C)c1cc(-c2cccc3[cH-]c(C(C)(C)c4cc5c(-c6cc(C(C)C)cc(C(C)C)c6)cccc5[cH-]4)cc23)cc(C(C)C)c1.[CH3-].[CH3-].[Hf+4]. The summed E-state index contributed by atoms with van der Waals surface area (Å²) >= 11 is 0. The normalized spacial score (nSPS) is 11.8. The summed E-state index contributed by atoms with van der Waals surface area (Å²) in [4.78, 5) is 0. The molecule has 0 nitrogen and oxygen atoms in total. The van der Waals surface area contributed by atoms with Crippen molar-refractivity contribution in [3.63, 3.8) is 0 Å². The van der Waals surface area contributed by atoms with E-state index in [0.29, 0.717) is 23.7 Å². The molecule has 6 aromatic carbocycles. The first kappa shape index (κ1) is 39.4. The maximum Gasteiger partial charge on any atom is 4.00 e. The Labute approximate surface area is 311 Å². The van der Waals surface area contributed by atoms with E-state index in [-0.39, 0.29) is 46.1 Å². The van der Waals surface area contributed by atoms with Crippen molar-refractivity contribution in [1.29, 1.82) is 0 Å². The molecular weight excluding hydrogens is 743 g/mol. The second-order valence-electron chi connectivity index (χ2n) is 15.1. The van der Waals surface area contributed by atoms with Gasteiger partial charge < -0.3 is 14.9 Å². The quantitative estimate of drug-likeness (QED) is 0.106. The van der Waals surface area contributed by atoms with Crippen molar-refractivity contribution in [2.45, 2.75) is 98.3 Å². The van der Waals surface area contributed by atoms with Gasteiger partial charge in [0, 0.05) is 0 Å². The molecule has 1 heteroatoms. The largest absolute Gasteiger partial charge is 4.00 e. The predicted molar refractivity (Wildman–Crippen MR) is 211 cm³/mol. The Kier molecular flexibility index (Phi) is 12.5. The van der Waals surface area contributed by atoms with Gasteiger partial charge in [0.2, 0.25) is 0 Å². The topological polar surface area (TPSA) is 0 Å². The fraction of sp³-hybridized carbons (Fsp3) is 0.319. The van der Waals surface area contributed by atoms with E-state index in [1.165, 1.54) is 77.2 Å². The molecule has 0 radical (unpaired) electrons. The van der Waals surface area contributed by atoms with E-state index < -0.39 is 0 Å². The molecule has 6 rings (SSSR count). The maximum atomic E-state index is 2.46. The molecule has 0 amide bonds. The van der Waals surface area contributed by atoms with Crippen molar-refractivity contribution in [3.8, 4) is 22.3 Å². The number of rotatable bonds is 8. The van der Waals surface area contributed by atoms with E-state index in [9.17, 15) is 0 Å².